The average molecular weight is 252 g/mol. The standard InChI is InChI=1S/C12H16N2O4/c15-8-11-12(16)10(14(17)18)7-13(11)6-9-4-2-1-3-5-9/h1-5,10-12,15-16H,6-8H2/t10-,11+,12+/m0/s1. The van der Waals surface area contributed by atoms with Gasteiger partial charge in [0.1, 0.15) is 6.10 Å². The molecule has 0 aliphatic carbocycles. The van der Waals surface area contributed by atoms with Gasteiger partial charge in [0.15, 0.2) is 0 Å². The number of hydrogen-bond donors (Lipinski definition) is 2. The van der Waals surface area contributed by atoms with E-state index >= 15 is 0 Å². The summed E-state index contributed by atoms with van der Waals surface area (Å²) < 4.78 is 0. The third-order valence-corrected chi connectivity index (χ3v) is 3.37. The molecule has 1 aliphatic rings. The van der Waals surface area contributed by atoms with Crippen molar-refractivity contribution in [2.24, 2.45) is 0 Å². The summed E-state index contributed by atoms with van der Waals surface area (Å²) in [6.45, 7) is 0.375. The summed E-state index contributed by atoms with van der Waals surface area (Å²) in [4.78, 5) is 12.1. The first-order valence-corrected chi connectivity index (χ1v) is 5.84. The minimum Gasteiger partial charge on any atom is -0.395 e. The summed E-state index contributed by atoms with van der Waals surface area (Å²) in [6.07, 6.45) is -1.12. The van der Waals surface area contributed by atoms with Crippen molar-refractivity contribution in [3.05, 3.63) is 46.0 Å². The van der Waals surface area contributed by atoms with Crippen LogP contribution in [-0.4, -0.2) is 51.4 Å². The fourth-order valence-corrected chi connectivity index (χ4v) is 2.37. The van der Waals surface area contributed by atoms with Gasteiger partial charge in [-0.15, -0.1) is 0 Å². The second-order valence-electron chi connectivity index (χ2n) is 4.51. The largest absolute Gasteiger partial charge is 0.395 e. The van der Waals surface area contributed by atoms with E-state index in [-0.39, 0.29) is 13.2 Å². The molecule has 2 N–H and O–H groups in total. The maximum atomic E-state index is 10.8. The molecule has 1 saturated heterocycles. The van der Waals surface area contributed by atoms with Crippen molar-refractivity contribution < 1.29 is 15.1 Å². The van der Waals surface area contributed by atoms with Crippen LogP contribution in [0.2, 0.25) is 0 Å². The minimum absolute atomic E-state index is 0.161. The van der Waals surface area contributed by atoms with E-state index in [1.54, 1.807) is 4.90 Å². The normalized spacial score (nSPS) is 28.4. The van der Waals surface area contributed by atoms with Gasteiger partial charge in [0.25, 0.3) is 6.04 Å². The molecule has 0 radical (unpaired) electrons. The van der Waals surface area contributed by atoms with Gasteiger partial charge in [0.05, 0.1) is 19.2 Å². The van der Waals surface area contributed by atoms with Crippen LogP contribution >= 0.6 is 0 Å². The molecule has 0 saturated carbocycles. The van der Waals surface area contributed by atoms with Crippen molar-refractivity contribution in [3.8, 4) is 0 Å². The summed E-state index contributed by atoms with van der Waals surface area (Å²) in [6, 6.07) is 7.92. The van der Waals surface area contributed by atoms with Gasteiger partial charge in [-0.05, 0) is 5.56 Å². The molecule has 1 aromatic rings. The Morgan fingerprint density at radius 2 is 2.06 bits per heavy atom. The highest BCUT2D eigenvalue weighted by atomic mass is 16.6. The number of nitro groups is 1. The number of benzene rings is 1. The van der Waals surface area contributed by atoms with Crippen molar-refractivity contribution in [1.29, 1.82) is 0 Å². The van der Waals surface area contributed by atoms with Crippen LogP contribution in [-0.2, 0) is 6.54 Å². The highest BCUT2D eigenvalue weighted by Gasteiger charge is 2.47. The Morgan fingerprint density at radius 3 is 2.61 bits per heavy atom. The lowest BCUT2D eigenvalue weighted by Gasteiger charge is -2.22. The van der Waals surface area contributed by atoms with E-state index in [9.17, 15) is 20.3 Å². The Morgan fingerprint density at radius 1 is 1.39 bits per heavy atom. The first-order valence-electron chi connectivity index (χ1n) is 5.84. The molecular weight excluding hydrogens is 236 g/mol. The molecule has 0 unspecified atom stereocenters. The number of rotatable bonds is 4. The van der Waals surface area contributed by atoms with E-state index in [4.69, 9.17) is 0 Å². The summed E-state index contributed by atoms with van der Waals surface area (Å²) >= 11 is 0. The molecule has 18 heavy (non-hydrogen) atoms. The summed E-state index contributed by atoms with van der Waals surface area (Å²) in [5.41, 5.74) is 1.01. The molecule has 1 fully saturated rings. The molecule has 6 nitrogen and oxygen atoms in total. The van der Waals surface area contributed by atoms with E-state index in [1.165, 1.54) is 0 Å². The summed E-state index contributed by atoms with van der Waals surface area (Å²) in [5.74, 6) is 0. The number of hydrogen-bond acceptors (Lipinski definition) is 5. The zero-order chi connectivity index (χ0) is 13.1. The third-order valence-electron chi connectivity index (χ3n) is 3.37. The Hall–Kier alpha value is -1.50. The molecule has 1 aliphatic heterocycles. The van der Waals surface area contributed by atoms with E-state index in [1.807, 2.05) is 30.3 Å². The molecule has 6 heteroatoms. The molecule has 0 amide bonds. The smallest absolute Gasteiger partial charge is 0.252 e. The molecule has 0 spiro atoms. The number of likely N-dealkylation sites (tertiary alicyclic amines) is 1. The van der Waals surface area contributed by atoms with Gasteiger partial charge in [0.2, 0.25) is 0 Å². The molecule has 2 rings (SSSR count). The van der Waals surface area contributed by atoms with E-state index in [0.29, 0.717) is 6.54 Å². The molecular formula is C12H16N2O4. The second kappa shape index (κ2) is 5.43. The lowest BCUT2D eigenvalue weighted by Crippen LogP contribution is -2.39. The minimum atomic E-state index is -1.12. The molecule has 1 heterocycles. The van der Waals surface area contributed by atoms with Gasteiger partial charge in [0, 0.05) is 11.5 Å². The summed E-state index contributed by atoms with van der Waals surface area (Å²) in [5, 5.41) is 29.9. The maximum absolute atomic E-state index is 10.8. The fraction of sp³-hybridized carbons (Fsp3) is 0.500. The van der Waals surface area contributed by atoms with Crippen LogP contribution in [0.15, 0.2) is 30.3 Å². The third kappa shape index (κ3) is 2.50. The van der Waals surface area contributed by atoms with E-state index in [0.717, 1.165) is 5.56 Å². The number of aliphatic hydroxyl groups is 2. The molecule has 0 bridgehead atoms. The van der Waals surface area contributed by atoms with Gasteiger partial charge in [-0.25, -0.2) is 0 Å². The fourth-order valence-electron chi connectivity index (χ4n) is 2.37. The predicted octanol–water partition coefficient (Wildman–Crippen LogP) is -0.131. The van der Waals surface area contributed by atoms with Gasteiger partial charge in [-0.1, -0.05) is 30.3 Å². The van der Waals surface area contributed by atoms with E-state index in [2.05, 4.69) is 0 Å². The Bertz CT molecular complexity index is 412. The van der Waals surface area contributed by atoms with Crippen molar-refractivity contribution in [3.63, 3.8) is 0 Å². The van der Waals surface area contributed by atoms with Crippen molar-refractivity contribution in [2.75, 3.05) is 13.2 Å². The Kier molecular flexibility index (Phi) is 3.90. The van der Waals surface area contributed by atoms with Crippen LogP contribution < -0.4 is 0 Å². The average Bonchev–Trinajstić information content (AvgIpc) is 2.67. The van der Waals surface area contributed by atoms with Crippen LogP contribution in [0, 0.1) is 10.1 Å². The lowest BCUT2D eigenvalue weighted by molar-refractivity contribution is -0.528. The summed E-state index contributed by atoms with van der Waals surface area (Å²) in [7, 11) is 0. The Balaban J connectivity index is 2.10. The zero-order valence-electron chi connectivity index (χ0n) is 9.85. The quantitative estimate of drug-likeness (QED) is 0.576. The predicted molar refractivity (Wildman–Crippen MR) is 64.5 cm³/mol. The zero-order valence-corrected chi connectivity index (χ0v) is 9.85. The van der Waals surface area contributed by atoms with Gasteiger partial charge < -0.3 is 10.2 Å². The van der Waals surface area contributed by atoms with Crippen molar-refractivity contribution in [1.82, 2.24) is 4.90 Å². The highest BCUT2D eigenvalue weighted by Crippen LogP contribution is 2.22. The SMILES string of the molecule is O=[N+]([O-])[C@H]1CN(Cc2ccccc2)[C@H](CO)[C@@H]1O. The van der Waals surface area contributed by atoms with Gasteiger partial charge in [-0.3, -0.25) is 15.0 Å². The highest BCUT2D eigenvalue weighted by molar-refractivity contribution is 5.15. The maximum Gasteiger partial charge on any atom is 0.252 e. The second-order valence-corrected chi connectivity index (χ2v) is 4.51. The van der Waals surface area contributed by atoms with Crippen LogP contribution in [0.3, 0.4) is 0 Å². The van der Waals surface area contributed by atoms with Crippen molar-refractivity contribution >= 4 is 0 Å². The van der Waals surface area contributed by atoms with E-state index < -0.39 is 23.1 Å². The molecule has 1 aromatic carbocycles. The number of aliphatic hydroxyl groups excluding tert-OH is 2. The first kappa shape index (κ1) is 12.9. The van der Waals surface area contributed by atoms with Crippen LogP contribution in [0.25, 0.3) is 0 Å². The lowest BCUT2D eigenvalue weighted by atomic mass is 10.1. The van der Waals surface area contributed by atoms with Crippen molar-refractivity contribution in [2.45, 2.75) is 24.7 Å². The monoisotopic (exact) mass is 252 g/mol. The first-order chi connectivity index (χ1) is 8.63. The molecule has 3 atom stereocenters. The molecule has 98 valence electrons. The van der Waals surface area contributed by atoms with Crippen LogP contribution in [0.5, 0.6) is 0 Å². The number of nitrogens with zero attached hydrogens (tertiary/aromatic N) is 2. The van der Waals surface area contributed by atoms with Gasteiger partial charge >= 0.3 is 0 Å². The topological polar surface area (TPSA) is 86.8 Å². The molecule has 0 aromatic heterocycles. The Labute approximate surface area is 105 Å². The van der Waals surface area contributed by atoms with Crippen LogP contribution in [0.1, 0.15) is 5.56 Å². The van der Waals surface area contributed by atoms with Gasteiger partial charge in [-0.2, -0.15) is 0 Å². The van der Waals surface area contributed by atoms with Crippen LogP contribution in [0.4, 0.5) is 0 Å².